The van der Waals surface area contributed by atoms with Crippen LogP contribution in [0.5, 0.6) is 0 Å². The Hall–Kier alpha value is -2.52. The second-order valence-electron chi connectivity index (χ2n) is 6.49. The number of piperidine rings is 1. The molecule has 3 heterocycles. The number of thiophene rings is 1. The number of amides is 1. The van der Waals surface area contributed by atoms with E-state index in [-0.39, 0.29) is 17.6 Å². The van der Waals surface area contributed by atoms with Crippen LogP contribution >= 0.6 is 22.7 Å². The van der Waals surface area contributed by atoms with Crippen molar-refractivity contribution in [2.24, 2.45) is 5.92 Å². The molecule has 0 atom stereocenters. The fraction of sp³-hybridized carbons (Fsp3) is 0.316. The Morgan fingerprint density at radius 2 is 2.07 bits per heavy atom. The van der Waals surface area contributed by atoms with Gasteiger partial charge < -0.3 is 15.0 Å². The predicted octanol–water partition coefficient (Wildman–Crippen LogP) is 4.14. The number of nitrogens with one attached hydrogen (secondary N) is 1. The first-order chi connectivity index (χ1) is 13.6. The van der Waals surface area contributed by atoms with Crippen molar-refractivity contribution in [3.8, 4) is 0 Å². The lowest BCUT2D eigenvalue weighted by molar-refractivity contribution is -0.120. The minimum Gasteiger partial charge on any atom is -0.465 e. The molecule has 1 aromatic carbocycles. The summed E-state index contributed by atoms with van der Waals surface area (Å²) in [6.45, 7) is 1.35. The number of benzene rings is 1. The molecule has 1 aliphatic heterocycles. The minimum absolute atomic E-state index is 0.0948. The van der Waals surface area contributed by atoms with Crippen LogP contribution in [-0.2, 0) is 9.53 Å². The highest BCUT2D eigenvalue weighted by atomic mass is 32.1. The van der Waals surface area contributed by atoms with E-state index in [0.717, 1.165) is 9.83 Å². The molecule has 1 N–H and O–H groups in total. The number of ether oxygens (including phenoxy) is 1. The summed E-state index contributed by atoms with van der Waals surface area (Å²) in [6.07, 6.45) is 1.34. The summed E-state index contributed by atoms with van der Waals surface area (Å²) < 4.78 is 19.4. The van der Waals surface area contributed by atoms with Crippen molar-refractivity contribution >= 4 is 54.9 Å². The first-order valence-corrected chi connectivity index (χ1v) is 10.5. The molecule has 9 heteroatoms. The maximum Gasteiger partial charge on any atom is 0.340 e. The van der Waals surface area contributed by atoms with E-state index >= 15 is 0 Å². The first-order valence-electron chi connectivity index (χ1n) is 8.83. The standard InChI is InChI=1S/C19H18FN3O3S2/c1-26-18(25)12-7-10-27-17(12)22-16(24)11-5-8-23(9-6-11)19-21-15-13(20)3-2-4-14(15)28-19/h2-4,7,10-11H,5-6,8-9H2,1H3,(H,22,24). The van der Waals surface area contributed by atoms with E-state index in [9.17, 15) is 14.0 Å². The number of methoxy groups -OCH3 is 1. The number of para-hydroxylation sites is 1. The van der Waals surface area contributed by atoms with Crippen molar-refractivity contribution in [2.45, 2.75) is 12.8 Å². The number of thiazole rings is 1. The maximum atomic E-state index is 13.9. The molecule has 146 valence electrons. The Balaban J connectivity index is 1.39. The molecule has 1 fully saturated rings. The van der Waals surface area contributed by atoms with E-state index in [4.69, 9.17) is 4.74 Å². The van der Waals surface area contributed by atoms with Crippen LogP contribution in [0.2, 0.25) is 0 Å². The number of aromatic nitrogens is 1. The Kier molecular flexibility index (Phi) is 5.27. The van der Waals surface area contributed by atoms with E-state index < -0.39 is 5.97 Å². The van der Waals surface area contributed by atoms with Gasteiger partial charge in [-0.05, 0) is 36.4 Å². The number of esters is 1. The number of hydrogen-bond acceptors (Lipinski definition) is 7. The fourth-order valence-corrected chi connectivity index (χ4v) is 5.07. The van der Waals surface area contributed by atoms with Crippen LogP contribution < -0.4 is 10.2 Å². The number of carbonyl (C=O) groups excluding carboxylic acids is 2. The van der Waals surface area contributed by atoms with Crippen LogP contribution in [0.15, 0.2) is 29.6 Å². The number of anilines is 2. The predicted molar refractivity (Wildman–Crippen MR) is 109 cm³/mol. The van der Waals surface area contributed by atoms with Gasteiger partial charge in [-0.15, -0.1) is 11.3 Å². The van der Waals surface area contributed by atoms with Crippen LogP contribution in [0.25, 0.3) is 10.2 Å². The van der Waals surface area contributed by atoms with Crippen LogP contribution in [0, 0.1) is 11.7 Å². The lowest BCUT2D eigenvalue weighted by Crippen LogP contribution is -2.38. The average Bonchev–Trinajstić information content (AvgIpc) is 3.35. The van der Waals surface area contributed by atoms with Gasteiger partial charge in [0, 0.05) is 19.0 Å². The lowest BCUT2D eigenvalue weighted by atomic mass is 9.96. The monoisotopic (exact) mass is 419 g/mol. The van der Waals surface area contributed by atoms with Crippen molar-refractivity contribution in [1.82, 2.24) is 4.98 Å². The van der Waals surface area contributed by atoms with E-state index in [0.29, 0.717) is 42.0 Å². The molecule has 0 saturated carbocycles. The Labute approximate surface area is 168 Å². The molecule has 0 aliphatic carbocycles. The van der Waals surface area contributed by atoms with Gasteiger partial charge >= 0.3 is 5.97 Å². The van der Waals surface area contributed by atoms with Gasteiger partial charge in [-0.3, -0.25) is 4.79 Å². The SMILES string of the molecule is COC(=O)c1ccsc1NC(=O)C1CCN(c2nc3c(F)cccc3s2)CC1. The summed E-state index contributed by atoms with van der Waals surface area (Å²) in [5.41, 5.74) is 0.769. The van der Waals surface area contributed by atoms with Gasteiger partial charge in [0.2, 0.25) is 5.91 Å². The third-order valence-corrected chi connectivity index (χ3v) is 6.71. The van der Waals surface area contributed by atoms with Gasteiger partial charge in [0.05, 0.1) is 17.4 Å². The number of nitrogens with zero attached hydrogens (tertiary/aromatic N) is 2. The third-order valence-electron chi connectivity index (χ3n) is 4.80. The molecule has 0 spiro atoms. The summed E-state index contributed by atoms with van der Waals surface area (Å²) in [6, 6.07) is 6.60. The molecule has 6 nitrogen and oxygen atoms in total. The molecule has 28 heavy (non-hydrogen) atoms. The second-order valence-corrected chi connectivity index (χ2v) is 8.41. The zero-order valence-electron chi connectivity index (χ0n) is 15.1. The summed E-state index contributed by atoms with van der Waals surface area (Å²) in [4.78, 5) is 30.9. The highest BCUT2D eigenvalue weighted by Crippen LogP contribution is 2.33. The van der Waals surface area contributed by atoms with Gasteiger partial charge in [0.25, 0.3) is 0 Å². The van der Waals surface area contributed by atoms with Crippen LogP contribution in [0.3, 0.4) is 0 Å². The molecule has 0 radical (unpaired) electrons. The van der Waals surface area contributed by atoms with Crippen molar-refractivity contribution in [2.75, 3.05) is 30.4 Å². The Morgan fingerprint density at radius 3 is 2.79 bits per heavy atom. The number of rotatable bonds is 4. The van der Waals surface area contributed by atoms with Crippen LogP contribution in [0.1, 0.15) is 23.2 Å². The van der Waals surface area contributed by atoms with E-state index in [1.54, 1.807) is 17.5 Å². The van der Waals surface area contributed by atoms with E-state index in [1.807, 2.05) is 6.07 Å². The largest absolute Gasteiger partial charge is 0.465 e. The zero-order chi connectivity index (χ0) is 19.7. The van der Waals surface area contributed by atoms with Gasteiger partial charge in [-0.25, -0.2) is 14.2 Å². The number of hydrogen-bond donors (Lipinski definition) is 1. The number of halogens is 1. The first kappa shape index (κ1) is 18.8. The summed E-state index contributed by atoms with van der Waals surface area (Å²) in [5, 5.41) is 5.90. The normalized spacial score (nSPS) is 15.0. The summed E-state index contributed by atoms with van der Waals surface area (Å²) >= 11 is 2.76. The molecule has 2 aromatic heterocycles. The second kappa shape index (κ2) is 7.84. The molecule has 1 amide bonds. The van der Waals surface area contributed by atoms with Crippen LogP contribution in [0.4, 0.5) is 14.5 Å². The highest BCUT2D eigenvalue weighted by Gasteiger charge is 2.28. The topological polar surface area (TPSA) is 71.5 Å². The smallest absolute Gasteiger partial charge is 0.340 e. The van der Waals surface area contributed by atoms with E-state index in [1.165, 1.54) is 35.8 Å². The summed E-state index contributed by atoms with van der Waals surface area (Å²) in [5.74, 6) is -1.02. The molecular weight excluding hydrogens is 401 g/mol. The minimum atomic E-state index is -0.463. The molecule has 0 bridgehead atoms. The average molecular weight is 420 g/mol. The number of carbonyl (C=O) groups is 2. The van der Waals surface area contributed by atoms with Gasteiger partial charge in [0.15, 0.2) is 5.13 Å². The van der Waals surface area contributed by atoms with Crippen molar-refractivity contribution < 1.29 is 18.7 Å². The van der Waals surface area contributed by atoms with E-state index in [2.05, 4.69) is 15.2 Å². The Bertz CT molecular complexity index is 1020. The van der Waals surface area contributed by atoms with Crippen molar-refractivity contribution in [3.63, 3.8) is 0 Å². The third kappa shape index (κ3) is 3.59. The highest BCUT2D eigenvalue weighted by molar-refractivity contribution is 7.22. The quantitative estimate of drug-likeness (QED) is 0.644. The summed E-state index contributed by atoms with van der Waals surface area (Å²) in [7, 11) is 1.31. The maximum absolute atomic E-state index is 13.9. The molecule has 1 saturated heterocycles. The molecular formula is C19H18FN3O3S2. The molecule has 1 aliphatic rings. The molecule has 3 aromatic rings. The fourth-order valence-electron chi connectivity index (χ4n) is 3.26. The van der Waals surface area contributed by atoms with Crippen molar-refractivity contribution in [1.29, 1.82) is 0 Å². The van der Waals surface area contributed by atoms with Gasteiger partial charge in [-0.2, -0.15) is 0 Å². The lowest BCUT2D eigenvalue weighted by Gasteiger charge is -2.30. The zero-order valence-corrected chi connectivity index (χ0v) is 16.7. The van der Waals surface area contributed by atoms with Crippen molar-refractivity contribution in [3.05, 3.63) is 41.0 Å². The van der Waals surface area contributed by atoms with Crippen LogP contribution in [-0.4, -0.2) is 37.1 Å². The molecule has 0 unspecified atom stereocenters. The molecule has 4 rings (SSSR count). The van der Waals surface area contributed by atoms with Gasteiger partial charge in [0.1, 0.15) is 16.3 Å². The van der Waals surface area contributed by atoms with Gasteiger partial charge in [-0.1, -0.05) is 17.4 Å². The Morgan fingerprint density at radius 1 is 1.29 bits per heavy atom. The number of fused-ring (bicyclic) bond motifs is 1.